The molecule has 1 amide bonds. The minimum Gasteiger partial charge on any atom is -0.496 e. The van der Waals surface area contributed by atoms with E-state index in [-0.39, 0.29) is 5.57 Å². The Kier molecular flexibility index (Phi) is 5.50. The van der Waals surface area contributed by atoms with Gasteiger partial charge in [-0.2, -0.15) is 5.26 Å². The predicted octanol–water partition coefficient (Wildman–Crippen LogP) is 4.14. The molecule has 0 saturated heterocycles. The fourth-order valence-electron chi connectivity index (χ4n) is 1.82. The van der Waals surface area contributed by atoms with Crippen LogP contribution in [0.5, 0.6) is 5.75 Å². The van der Waals surface area contributed by atoms with Gasteiger partial charge in [0.1, 0.15) is 23.2 Å². The molecule has 4 nitrogen and oxygen atoms in total. The van der Waals surface area contributed by atoms with Crippen LogP contribution in [0.1, 0.15) is 5.56 Å². The number of hydrogen-bond donors (Lipinski definition) is 1. The zero-order valence-corrected chi connectivity index (χ0v) is 13.7. The summed E-state index contributed by atoms with van der Waals surface area (Å²) in [5.74, 6) is -0.315. The molecule has 0 heterocycles. The zero-order chi connectivity index (χ0) is 16.8. The van der Waals surface area contributed by atoms with Crippen LogP contribution in [0, 0.1) is 17.1 Å². The van der Waals surface area contributed by atoms with Crippen LogP contribution in [-0.2, 0) is 4.79 Å². The van der Waals surface area contributed by atoms with Crippen LogP contribution >= 0.6 is 15.9 Å². The number of rotatable bonds is 4. The molecule has 0 spiro atoms. The third kappa shape index (κ3) is 4.41. The summed E-state index contributed by atoms with van der Waals surface area (Å²) in [6, 6.07) is 12.4. The number of benzene rings is 2. The number of hydrogen-bond acceptors (Lipinski definition) is 3. The molecule has 0 saturated carbocycles. The van der Waals surface area contributed by atoms with Crippen LogP contribution < -0.4 is 10.1 Å². The second kappa shape index (κ2) is 7.56. The summed E-state index contributed by atoms with van der Waals surface area (Å²) in [6.07, 6.45) is 1.46. The number of nitriles is 1. The van der Waals surface area contributed by atoms with Crippen molar-refractivity contribution in [2.75, 3.05) is 12.4 Å². The summed E-state index contributed by atoms with van der Waals surface area (Å²) in [5.41, 5.74) is 1.02. The van der Waals surface area contributed by atoms with Crippen LogP contribution in [0.15, 0.2) is 52.5 Å². The summed E-state index contributed by atoms with van der Waals surface area (Å²) in [6.45, 7) is 0. The molecule has 1 N–H and O–H groups in total. The number of nitrogens with one attached hydrogen (secondary N) is 1. The van der Waals surface area contributed by atoms with Crippen LogP contribution in [-0.4, -0.2) is 13.0 Å². The van der Waals surface area contributed by atoms with Gasteiger partial charge in [-0.05, 0) is 64.0 Å². The highest BCUT2D eigenvalue weighted by Crippen LogP contribution is 2.26. The van der Waals surface area contributed by atoms with Gasteiger partial charge in [-0.15, -0.1) is 0 Å². The molecule has 2 aromatic carbocycles. The first-order valence-electron chi connectivity index (χ1n) is 6.55. The quantitative estimate of drug-likeness (QED) is 0.645. The molecule has 0 aliphatic carbocycles. The Morgan fingerprint density at radius 3 is 2.57 bits per heavy atom. The molecule has 116 valence electrons. The van der Waals surface area contributed by atoms with Crippen LogP contribution in [0.2, 0.25) is 0 Å². The molecule has 23 heavy (non-hydrogen) atoms. The molecule has 0 radical (unpaired) electrons. The highest BCUT2D eigenvalue weighted by Gasteiger charge is 2.10. The molecule has 0 fully saturated rings. The number of nitrogens with zero attached hydrogens (tertiary/aromatic N) is 1. The number of anilines is 1. The maximum absolute atomic E-state index is 12.8. The van der Waals surface area contributed by atoms with Gasteiger partial charge in [-0.3, -0.25) is 4.79 Å². The van der Waals surface area contributed by atoms with Gasteiger partial charge in [0.05, 0.1) is 11.6 Å². The van der Waals surface area contributed by atoms with Crippen molar-refractivity contribution < 1.29 is 13.9 Å². The lowest BCUT2D eigenvalue weighted by atomic mass is 10.1. The largest absolute Gasteiger partial charge is 0.496 e. The van der Waals surface area contributed by atoms with Crippen molar-refractivity contribution in [1.29, 1.82) is 5.26 Å². The second-order valence-corrected chi connectivity index (χ2v) is 5.38. The molecule has 0 aliphatic rings. The first-order valence-corrected chi connectivity index (χ1v) is 7.35. The standard InChI is InChI=1S/C17H12BrFN2O2/c1-23-16-7-2-11(9-15(16)18)8-12(10-20)17(22)21-14-5-3-13(19)4-6-14/h2-9H,1H3,(H,21,22). The number of methoxy groups -OCH3 is 1. The Balaban J connectivity index is 2.21. The zero-order valence-electron chi connectivity index (χ0n) is 12.1. The molecule has 0 aromatic heterocycles. The summed E-state index contributed by atoms with van der Waals surface area (Å²) >= 11 is 3.34. The van der Waals surface area contributed by atoms with Gasteiger partial charge in [-0.1, -0.05) is 6.07 Å². The maximum atomic E-state index is 12.8. The molecule has 0 unspecified atom stereocenters. The Labute approximate surface area is 141 Å². The van der Waals surface area contributed by atoms with E-state index in [2.05, 4.69) is 21.2 Å². The van der Waals surface area contributed by atoms with E-state index in [4.69, 9.17) is 4.74 Å². The van der Waals surface area contributed by atoms with Gasteiger partial charge < -0.3 is 10.1 Å². The molecule has 2 aromatic rings. The highest BCUT2D eigenvalue weighted by atomic mass is 79.9. The summed E-state index contributed by atoms with van der Waals surface area (Å²) < 4.78 is 18.7. The van der Waals surface area contributed by atoms with Crippen LogP contribution in [0.3, 0.4) is 0 Å². The first-order chi connectivity index (χ1) is 11.0. The van der Waals surface area contributed by atoms with Crippen LogP contribution in [0.25, 0.3) is 6.08 Å². The van der Waals surface area contributed by atoms with E-state index in [1.165, 1.54) is 30.3 Å². The van der Waals surface area contributed by atoms with Crippen molar-refractivity contribution in [2.24, 2.45) is 0 Å². The molecule has 6 heteroatoms. The lowest BCUT2D eigenvalue weighted by Gasteiger charge is -2.05. The topological polar surface area (TPSA) is 62.1 Å². The summed E-state index contributed by atoms with van der Waals surface area (Å²) in [5, 5.41) is 11.7. The van der Waals surface area contributed by atoms with E-state index in [1.807, 2.05) is 6.07 Å². The summed E-state index contributed by atoms with van der Waals surface area (Å²) in [4.78, 5) is 12.1. The van der Waals surface area contributed by atoms with Crippen molar-refractivity contribution in [3.8, 4) is 11.8 Å². The third-order valence-corrected chi connectivity index (χ3v) is 3.57. The molecule has 2 rings (SSSR count). The number of halogens is 2. The lowest BCUT2D eigenvalue weighted by molar-refractivity contribution is -0.112. The number of ether oxygens (including phenoxy) is 1. The predicted molar refractivity (Wildman–Crippen MR) is 89.3 cm³/mol. The van der Waals surface area contributed by atoms with Crippen molar-refractivity contribution in [3.05, 3.63) is 63.9 Å². The summed E-state index contributed by atoms with van der Waals surface area (Å²) in [7, 11) is 1.55. The Morgan fingerprint density at radius 2 is 2.00 bits per heavy atom. The monoisotopic (exact) mass is 374 g/mol. The number of carbonyl (C=O) groups excluding carboxylic acids is 1. The lowest BCUT2D eigenvalue weighted by Crippen LogP contribution is -2.13. The van der Waals surface area contributed by atoms with Gasteiger partial charge in [0.15, 0.2) is 0 Å². The van der Waals surface area contributed by atoms with Crippen LogP contribution in [0.4, 0.5) is 10.1 Å². The fourth-order valence-corrected chi connectivity index (χ4v) is 2.38. The van der Waals surface area contributed by atoms with Crippen molar-refractivity contribution in [2.45, 2.75) is 0 Å². The van der Waals surface area contributed by atoms with Gasteiger partial charge in [0.2, 0.25) is 0 Å². The second-order valence-electron chi connectivity index (χ2n) is 4.52. The number of amides is 1. The van der Waals surface area contributed by atoms with Crippen molar-refractivity contribution >= 4 is 33.6 Å². The third-order valence-electron chi connectivity index (χ3n) is 2.95. The molecule has 0 aliphatic heterocycles. The van der Waals surface area contributed by atoms with E-state index < -0.39 is 11.7 Å². The van der Waals surface area contributed by atoms with E-state index in [1.54, 1.807) is 25.3 Å². The van der Waals surface area contributed by atoms with E-state index in [0.717, 1.165) is 0 Å². The molecule has 0 atom stereocenters. The van der Waals surface area contributed by atoms with Crippen molar-refractivity contribution in [1.82, 2.24) is 0 Å². The minimum atomic E-state index is -0.564. The normalized spacial score (nSPS) is 10.8. The highest BCUT2D eigenvalue weighted by molar-refractivity contribution is 9.10. The van der Waals surface area contributed by atoms with E-state index in [9.17, 15) is 14.4 Å². The SMILES string of the molecule is COc1ccc(C=C(C#N)C(=O)Nc2ccc(F)cc2)cc1Br. The Bertz CT molecular complexity index is 795. The maximum Gasteiger partial charge on any atom is 0.266 e. The van der Waals surface area contributed by atoms with Gasteiger partial charge in [0.25, 0.3) is 5.91 Å². The number of carbonyl (C=O) groups is 1. The Morgan fingerprint density at radius 1 is 1.30 bits per heavy atom. The molecule has 0 bridgehead atoms. The van der Waals surface area contributed by atoms with Crippen molar-refractivity contribution in [3.63, 3.8) is 0 Å². The van der Waals surface area contributed by atoms with Gasteiger partial charge in [0, 0.05) is 5.69 Å². The Hall–Kier alpha value is -2.65. The first kappa shape index (κ1) is 16.7. The fraction of sp³-hybridized carbons (Fsp3) is 0.0588. The van der Waals surface area contributed by atoms with Gasteiger partial charge in [-0.25, -0.2) is 4.39 Å². The average Bonchev–Trinajstić information content (AvgIpc) is 2.54. The average molecular weight is 375 g/mol. The van der Waals surface area contributed by atoms with Gasteiger partial charge >= 0.3 is 0 Å². The minimum absolute atomic E-state index is 0.0635. The smallest absolute Gasteiger partial charge is 0.266 e. The molecular formula is C17H12BrFN2O2. The molecular weight excluding hydrogens is 363 g/mol. The van der Waals surface area contributed by atoms with E-state index >= 15 is 0 Å². The van der Waals surface area contributed by atoms with E-state index in [0.29, 0.717) is 21.5 Å².